The summed E-state index contributed by atoms with van der Waals surface area (Å²) in [6.07, 6.45) is 0.625. The van der Waals surface area contributed by atoms with Crippen molar-refractivity contribution in [3.8, 4) is 0 Å². The minimum Gasteiger partial charge on any atom is -0.313 e. The molecule has 0 spiro atoms. The van der Waals surface area contributed by atoms with Gasteiger partial charge in [-0.2, -0.15) is 0 Å². The fourth-order valence-corrected chi connectivity index (χ4v) is 2.60. The zero-order valence-corrected chi connectivity index (χ0v) is 13.0. The van der Waals surface area contributed by atoms with Crippen molar-refractivity contribution in [3.05, 3.63) is 69.2 Å². The molecule has 0 amide bonds. The number of halogens is 3. The standard InChI is InChI=1S/C16H16BrF2N/c1-10-7-11(3-6-15(10)19)16(20-2)9-12-8-13(18)4-5-14(12)17/h3-8,16,20H,9H2,1-2H3. The Balaban J connectivity index is 2.28. The third-order valence-corrected chi connectivity index (χ3v) is 4.14. The van der Waals surface area contributed by atoms with Crippen molar-refractivity contribution in [2.45, 2.75) is 19.4 Å². The molecule has 0 fully saturated rings. The summed E-state index contributed by atoms with van der Waals surface area (Å²) in [7, 11) is 1.84. The molecular formula is C16H16BrF2N. The molecule has 0 saturated carbocycles. The molecule has 0 radical (unpaired) electrons. The number of aryl methyl sites for hydroxylation is 1. The Bertz CT molecular complexity index is 613. The van der Waals surface area contributed by atoms with Crippen molar-refractivity contribution in [2.75, 3.05) is 7.05 Å². The van der Waals surface area contributed by atoms with E-state index in [0.717, 1.165) is 15.6 Å². The first-order chi connectivity index (χ1) is 9.51. The van der Waals surface area contributed by atoms with Crippen LogP contribution < -0.4 is 5.32 Å². The molecule has 0 aliphatic rings. The van der Waals surface area contributed by atoms with Crippen LogP contribution in [0.3, 0.4) is 0 Å². The molecule has 20 heavy (non-hydrogen) atoms. The molecule has 4 heteroatoms. The maximum Gasteiger partial charge on any atom is 0.126 e. The summed E-state index contributed by atoms with van der Waals surface area (Å²) < 4.78 is 27.5. The van der Waals surface area contributed by atoms with E-state index in [4.69, 9.17) is 0 Å². The van der Waals surface area contributed by atoms with Crippen LogP contribution in [0.5, 0.6) is 0 Å². The summed E-state index contributed by atoms with van der Waals surface area (Å²) in [6.45, 7) is 1.74. The fraction of sp³-hybridized carbons (Fsp3) is 0.250. The van der Waals surface area contributed by atoms with E-state index in [1.54, 1.807) is 19.1 Å². The van der Waals surface area contributed by atoms with Gasteiger partial charge in [-0.25, -0.2) is 8.78 Å². The molecule has 0 aromatic heterocycles. The lowest BCUT2D eigenvalue weighted by atomic mass is 9.97. The molecule has 106 valence electrons. The molecular weight excluding hydrogens is 324 g/mol. The van der Waals surface area contributed by atoms with E-state index in [0.29, 0.717) is 12.0 Å². The van der Waals surface area contributed by atoms with Gasteiger partial charge in [0.05, 0.1) is 0 Å². The van der Waals surface area contributed by atoms with Crippen molar-refractivity contribution in [3.63, 3.8) is 0 Å². The Hall–Kier alpha value is -1.26. The summed E-state index contributed by atoms with van der Waals surface area (Å²) in [6, 6.07) is 9.70. The maximum atomic E-state index is 13.3. The van der Waals surface area contributed by atoms with Gasteiger partial charge in [0.15, 0.2) is 0 Å². The Morgan fingerprint density at radius 1 is 1.15 bits per heavy atom. The van der Waals surface area contributed by atoms with Gasteiger partial charge >= 0.3 is 0 Å². The predicted molar refractivity (Wildman–Crippen MR) is 80.7 cm³/mol. The number of nitrogens with one attached hydrogen (secondary N) is 1. The second-order valence-corrected chi connectivity index (χ2v) is 5.64. The monoisotopic (exact) mass is 339 g/mol. The quantitative estimate of drug-likeness (QED) is 0.862. The van der Waals surface area contributed by atoms with Crippen molar-refractivity contribution in [1.82, 2.24) is 5.32 Å². The summed E-state index contributed by atoms with van der Waals surface area (Å²) >= 11 is 3.43. The molecule has 1 N–H and O–H groups in total. The fourth-order valence-electron chi connectivity index (χ4n) is 2.19. The second kappa shape index (κ2) is 6.46. The Morgan fingerprint density at radius 2 is 1.90 bits per heavy atom. The SMILES string of the molecule is CNC(Cc1cc(F)ccc1Br)c1ccc(F)c(C)c1. The zero-order chi connectivity index (χ0) is 14.7. The highest BCUT2D eigenvalue weighted by Crippen LogP contribution is 2.25. The molecule has 1 nitrogen and oxygen atoms in total. The molecule has 0 saturated heterocycles. The summed E-state index contributed by atoms with van der Waals surface area (Å²) in [5, 5.41) is 3.19. The van der Waals surface area contributed by atoms with Crippen LogP contribution in [-0.2, 0) is 6.42 Å². The van der Waals surface area contributed by atoms with E-state index in [2.05, 4.69) is 21.2 Å². The highest BCUT2D eigenvalue weighted by atomic mass is 79.9. The zero-order valence-electron chi connectivity index (χ0n) is 11.4. The Labute approximate surface area is 126 Å². The van der Waals surface area contributed by atoms with E-state index in [-0.39, 0.29) is 17.7 Å². The van der Waals surface area contributed by atoms with E-state index < -0.39 is 0 Å². The first-order valence-electron chi connectivity index (χ1n) is 6.38. The van der Waals surface area contributed by atoms with Crippen LogP contribution in [0.1, 0.15) is 22.7 Å². The molecule has 2 rings (SSSR count). The average Bonchev–Trinajstić information content (AvgIpc) is 2.43. The number of hydrogen-bond donors (Lipinski definition) is 1. The maximum absolute atomic E-state index is 13.3. The minimum atomic E-state index is -0.256. The van der Waals surface area contributed by atoms with Gasteiger partial charge < -0.3 is 5.32 Å². The third-order valence-electron chi connectivity index (χ3n) is 3.36. The lowest BCUT2D eigenvalue weighted by Gasteiger charge is -2.18. The van der Waals surface area contributed by atoms with Gasteiger partial charge in [-0.05, 0) is 61.3 Å². The Kier molecular flexibility index (Phi) is 4.89. The van der Waals surface area contributed by atoms with E-state index in [1.807, 2.05) is 13.1 Å². The van der Waals surface area contributed by atoms with Crippen LogP contribution in [0.15, 0.2) is 40.9 Å². The van der Waals surface area contributed by atoms with Crippen molar-refractivity contribution < 1.29 is 8.78 Å². The molecule has 0 aliphatic carbocycles. The first kappa shape index (κ1) is 15.1. The topological polar surface area (TPSA) is 12.0 Å². The minimum absolute atomic E-state index is 0.00685. The molecule has 0 heterocycles. The third kappa shape index (κ3) is 3.44. The van der Waals surface area contributed by atoms with Crippen LogP contribution in [0.4, 0.5) is 8.78 Å². The van der Waals surface area contributed by atoms with Crippen LogP contribution in [0, 0.1) is 18.6 Å². The average molecular weight is 340 g/mol. The molecule has 0 aliphatic heterocycles. The number of likely N-dealkylation sites (N-methyl/N-ethyl adjacent to an activating group) is 1. The largest absolute Gasteiger partial charge is 0.313 e. The van der Waals surface area contributed by atoms with Crippen molar-refractivity contribution in [1.29, 1.82) is 0 Å². The summed E-state index contributed by atoms with van der Waals surface area (Å²) in [5.41, 5.74) is 2.48. The van der Waals surface area contributed by atoms with Gasteiger partial charge in [0.25, 0.3) is 0 Å². The lowest BCUT2D eigenvalue weighted by Crippen LogP contribution is -2.19. The van der Waals surface area contributed by atoms with Gasteiger partial charge in [-0.1, -0.05) is 28.1 Å². The molecule has 2 aromatic carbocycles. The molecule has 1 atom stereocenters. The number of benzene rings is 2. The van der Waals surface area contributed by atoms with Gasteiger partial charge in [0.2, 0.25) is 0 Å². The lowest BCUT2D eigenvalue weighted by molar-refractivity contribution is 0.576. The first-order valence-corrected chi connectivity index (χ1v) is 7.18. The van der Waals surface area contributed by atoms with Gasteiger partial charge in [-0.3, -0.25) is 0 Å². The van der Waals surface area contributed by atoms with E-state index in [1.165, 1.54) is 18.2 Å². The predicted octanol–water partition coefficient (Wildman–Crippen LogP) is 4.54. The highest BCUT2D eigenvalue weighted by Gasteiger charge is 2.13. The molecule has 1 unspecified atom stereocenters. The second-order valence-electron chi connectivity index (χ2n) is 4.79. The summed E-state index contributed by atoms with van der Waals surface area (Å²) in [4.78, 5) is 0. The normalized spacial score (nSPS) is 12.4. The highest BCUT2D eigenvalue weighted by molar-refractivity contribution is 9.10. The van der Waals surface area contributed by atoms with Gasteiger partial charge in [-0.15, -0.1) is 0 Å². The smallest absolute Gasteiger partial charge is 0.126 e. The van der Waals surface area contributed by atoms with Gasteiger partial charge in [0, 0.05) is 10.5 Å². The van der Waals surface area contributed by atoms with Crippen LogP contribution >= 0.6 is 15.9 Å². The van der Waals surface area contributed by atoms with Crippen LogP contribution in [-0.4, -0.2) is 7.05 Å². The molecule has 0 bridgehead atoms. The molecule has 2 aromatic rings. The van der Waals surface area contributed by atoms with E-state index >= 15 is 0 Å². The summed E-state index contributed by atoms with van der Waals surface area (Å²) in [5.74, 6) is -0.469. The van der Waals surface area contributed by atoms with Crippen molar-refractivity contribution in [2.24, 2.45) is 0 Å². The number of hydrogen-bond acceptors (Lipinski definition) is 1. The van der Waals surface area contributed by atoms with Gasteiger partial charge in [0.1, 0.15) is 11.6 Å². The van der Waals surface area contributed by atoms with E-state index in [9.17, 15) is 8.78 Å². The Morgan fingerprint density at radius 3 is 2.55 bits per heavy atom. The van der Waals surface area contributed by atoms with Crippen molar-refractivity contribution >= 4 is 15.9 Å². The number of rotatable bonds is 4. The van der Waals surface area contributed by atoms with Crippen LogP contribution in [0.25, 0.3) is 0 Å². The van der Waals surface area contributed by atoms with Crippen LogP contribution in [0.2, 0.25) is 0 Å².